The van der Waals surface area contributed by atoms with Crippen molar-refractivity contribution in [3.63, 3.8) is 0 Å². The van der Waals surface area contributed by atoms with E-state index in [0.717, 1.165) is 70.7 Å². The molecule has 1 N–H and O–H groups in total. The summed E-state index contributed by atoms with van der Waals surface area (Å²) in [7, 11) is 0. The van der Waals surface area contributed by atoms with Gasteiger partial charge in [-0.3, -0.25) is 4.99 Å². The summed E-state index contributed by atoms with van der Waals surface area (Å²) in [6, 6.07) is 0. The minimum absolute atomic E-state index is 0. The van der Waals surface area contributed by atoms with Crippen LogP contribution in [0.15, 0.2) is 4.99 Å². The van der Waals surface area contributed by atoms with E-state index in [1.165, 1.54) is 19.3 Å². The normalized spacial score (nSPS) is 25.3. The maximum Gasteiger partial charge on any atom is 0.193 e. The van der Waals surface area contributed by atoms with Gasteiger partial charge in [0.1, 0.15) is 0 Å². The molecule has 5 nitrogen and oxygen atoms in total. The van der Waals surface area contributed by atoms with Crippen LogP contribution in [0.5, 0.6) is 0 Å². The summed E-state index contributed by atoms with van der Waals surface area (Å²) < 4.78 is 11.2. The quantitative estimate of drug-likeness (QED) is 0.287. The second kappa shape index (κ2) is 12.3. The maximum absolute atomic E-state index is 5.69. The van der Waals surface area contributed by atoms with Crippen molar-refractivity contribution in [2.75, 3.05) is 46.0 Å². The average Bonchev–Trinajstić information content (AvgIpc) is 3.03. The molecular weight excluding hydrogens is 405 g/mol. The van der Waals surface area contributed by atoms with Crippen molar-refractivity contribution in [2.24, 2.45) is 10.9 Å². The fraction of sp³-hybridized carbons (Fsp3) is 0.941. The summed E-state index contributed by atoms with van der Waals surface area (Å²) in [5.74, 6) is 1.85. The van der Waals surface area contributed by atoms with Crippen molar-refractivity contribution in [2.45, 2.75) is 52.1 Å². The number of halogens is 1. The molecule has 2 aliphatic rings. The van der Waals surface area contributed by atoms with E-state index in [-0.39, 0.29) is 24.0 Å². The van der Waals surface area contributed by atoms with Crippen molar-refractivity contribution in [1.29, 1.82) is 0 Å². The fourth-order valence-corrected chi connectivity index (χ4v) is 3.15. The van der Waals surface area contributed by atoms with Gasteiger partial charge in [-0.25, -0.2) is 0 Å². The number of piperidine rings is 1. The molecule has 0 aromatic rings. The molecule has 0 amide bonds. The maximum atomic E-state index is 5.69. The van der Waals surface area contributed by atoms with Crippen LogP contribution in [0.4, 0.5) is 0 Å². The number of nitrogens with zero attached hydrogens (tertiary/aromatic N) is 2. The van der Waals surface area contributed by atoms with Gasteiger partial charge in [0.25, 0.3) is 0 Å². The highest BCUT2D eigenvalue weighted by Gasteiger charge is 2.19. The van der Waals surface area contributed by atoms with Crippen LogP contribution in [0, 0.1) is 5.92 Å². The largest absolute Gasteiger partial charge is 0.379 e. The van der Waals surface area contributed by atoms with Crippen molar-refractivity contribution in [3.8, 4) is 0 Å². The lowest BCUT2D eigenvalue weighted by Crippen LogP contribution is -2.46. The highest BCUT2D eigenvalue weighted by atomic mass is 127. The Labute approximate surface area is 158 Å². The minimum Gasteiger partial charge on any atom is -0.379 e. The Hall–Kier alpha value is -0.0800. The molecular formula is C17H34IN3O2. The predicted octanol–water partition coefficient (Wildman–Crippen LogP) is 2.89. The summed E-state index contributed by atoms with van der Waals surface area (Å²) >= 11 is 0. The van der Waals surface area contributed by atoms with Crippen LogP contribution in [0.25, 0.3) is 0 Å². The summed E-state index contributed by atoms with van der Waals surface area (Å²) in [5, 5.41) is 3.42. The smallest absolute Gasteiger partial charge is 0.193 e. The van der Waals surface area contributed by atoms with E-state index in [2.05, 4.69) is 24.1 Å². The third-order valence-electron chi connectivity index (χ3n) is 4.33. The van der Waals surface area contributed by atoms with E-state index in [1.807, 2.05) is 0 Å². The van der Waals surface area contributed by atoms with E-state index >= 15 is 0 Å². The lowest BCUT2D eigenvalue weighted by atomic mass is 10.0. The number of aliphatic imine (C=N–C) groups is 1. The monoisotopic (exact) mass is 439 g/mol. The number of rotatable bonds is 7. The number of guanidine groups is 1. The Kier molecular flexibility index (Phi) is 11.2. The van der Waals surface area contributed by atoms with Gasteiger partial charge >= 0.3 is 0 Å². The summed E-state index contributed by atoms with van der Waals surface area (Å²) in [4.78, 5) is 7.17. The van der Waals surface area contributed by atoms with Crippen molar-refractivity contribution in [3.05, 3.63) is 0 Å². The van der Waals surface area contributed by atoms with Crippen LogP contribution in [0.1, 0.15) is 46.0 Å². The van der Waals surface area contributed by atoms with Gasteiger partial charge in [0.15, 0.2) is 5.96 Å². The van der Waals surface area contributed by atoms with Gasteiger partial charge in [0.05, 0.1) is 12.7 Å². The molecule has 6 heteroatoms. The molecule has 0 aromatic carbocycles. The first-order valence-corrected chi connectivity index (χ1v) is 9.02. The fourth-order valence-electron chi connectivity index (χ4n) is 3.15. The van der Waals surface area contributed by atoms with Crippen LogP contribution < -0.4 is 5.32 Å². The molecule has 2 rings (SSSR count). The third-order valence-corrected chi connectivity index (χ3v) is 4.33. The molecule has 2 fully saturated rings. The van der Waals surface area contributed by atoms with Gasteiger partial charge < -0.3 is 19.7 Å². The molecule has 0 aromatic heterocycles. The zero-order chi connectivity index (χ0) is 15.6. The Morgan fingerprint density at radius 1 is 1.35 bits per heavy atom. The second-order valence-electron chi connectivity index (χ2n) is 6.49. The van der Waals surface area contributed by atoms with E-state index in [9.17, 15) is 0 Å². The van der Waals surface area contributed by atoms with E-state index in [0.29, 0.717) is 6.10 Å². The van der Waals surface area contributed by atoms with Crippen LogP contribution >= 0.6 is 24.0 Å². The van der Waals surface area contributed by atoms with Gasteiger partial charge in [-0.1, -0.05) is 6.92 Å². The van der Waals surface area contributed by atoms with Crippen molar-refractivity contribution >= 4 is 29.9 Å². The topological polar surface area (TPSA) is 46.1 Å². The number of ether oxygens (including phenoxy) is 2. The van der Waals surface area contributed by atoms with Crippen LogP contribution in [-0.4, -0.2) is 63.0 Å². The molecule has 23 heavy (non-hydrogen) atoms. The first-order chi connectivity index (χ1) is 10.8. The highest BCUT2D eigenvalue weighted by molar-refractivity contribution is 14.0. The summed E-state index contributed by atoms with van der Waals surface area (Å²) in [6.45, 7) is 10.9. The number of hydrogen-bond donors (Lipinski definition) is 1. The molecule has 136 valence electrons. The van der Waals surface area contributed by atoms with Crippen molar-refractivity contribution in [1.82, 2.24) is 10.2 Å². The zero-order valence-corrected chi connectivity index (χ0v) is 17.1. The zero-order valence-electron chi connectivity index (χ0n) is 14.8. The van der Waals surface area contributed by atoms with Crippen molar-refractivity contribution < 1.29 is 9.47 Å². The standard InChI is InChI=1S/C17H33N3O2.HI/c1-3-18-17(20-10-4-7-15(2)13-20)19-9-6-11-21-14-16-8-5-12-22-16;/h15-16H,3-14H2,1-2H3,(H,18,19);1H. The van der Waals surface area contributed by atoms with Gasteiger partial charge in [-0.05, 0) is 44.9 Å². The average molecular weight is 439 g/mol. The molecule has 0 spiro atoms. The minimum atomic E-state index is 0. The van der Waals surface area contributed by atoms with Gasteiger partial charge in [-0.15, -0.1) is 24.0 Å². The van der Waals surface area contributed by atoms with Gasteiger partial charge in [0, 0.05) is 39.4 Å². The lowest BCUT2D eigenvalue weighted by molar-refractivity contribution is 0.0170. The first kappa shape index (κ1) is 21.0. The molecule has 0 bridgehead atoms. The highest BCUT2D eigenvalue weighted by Crippen LogP contribution is 2.15. The van der Waals surface area contributed by atoms with E-state index in [1.54, 1.807) is 0 Å². The molecule has 2 heterocycles. The molecule has 0 saturated carbocycles. The number of nitrogens with one attached hydrogen (secondary N) is 1. The Morgan fingerprint density at radius 3 is 2.91 bits per heavy atom. The Morgan fingerprint density at radius 2 is 2.22 bits per heavy atom. The molecule has 2 atom stereocenters. The third kappa shape index (κ3) is 8.03. The first-order valence-electron chi connectivity index (χ1n) is 9.02. The Balaban J connectivity index is 0.00000264. The number of hydrogen-bond acceptors (Lipinski definition) is 3. The van der Waals surface area contributed by atoms with Gasteiger partial charge in [0.2, 0.25) is 0 Å². The summed E-state index contributed by atoms with van der Waals surface area (Å²) in [6.07, 6.45) is 6.25. The van der Waals surface area contributed by atoms with E-state index in [4.69, 9.17) is 14.5 Å². The molecule has 2 saturated heterocycles. The van der Waals surface area contributed by atoms with Gasteiger partial charge in [-0.2, -0.15) is 0 Å². The summed E-state index contributed by atoms with van der Waals surface area (Å²) in [5.41, 5.74) is 0. The van der Waals surface area contributed by atoms with Crippen LogP contribution in [0.2, 0.25) is 0 Å². The Bertz CT molecular complexity index is 336. The molecule has 2 aliphatic heterocycles. The molecule has 2 unspecified atom stereocenters. The van der Waals surface area contributed by atoms with E-state index < -0.39 is 0 Å². The number of likely N-dealkylation sites (tertiary alicyclic amines) is 1. The molecule has 0 aliphatic carbocycles. The second-order valence-corrected chi connectivity index (χ2v) is 6.49. The van der Waals surface area contributed by atoms with Crippen LogP contribution in [-0.2, 0) is 9.47 Å². The SMILES string of the molecule is CCNC(=NCCCOCC1CCCO1)N1CCCC(C)C1.I. The predicted molar refractivity (Wildman–Crippen MR) is 106 cm³/mol. The lowest BCUT2D eigenvalue weighted by Gasteiger charge is -2.33. The van der Waals surface area contributed by atoms with Crippen LogP contribution in [0.3, 0.4) is 0 Å². The molecule has 0 radical (unpaired) electrons.